The van der Waals surface area contributed by atoms with Gasteiger partial charge in [0.25, 0.3) is 0 Å². The minimum Gasteiger partial charge on any atom is -0.382 e. The number of benzene rings is 1. The number of hydrogen-bond donors (Lipinski definition) is 1. The van der Waals surface area contributed by atoms with Gasteiger partial charge in [-0.25, -0.2) is 4.39 Å². The molecule has 15 heavy (non-hydrogen) atoms. The van der Waals surface area contributed by atoms with E-state index in [-0.39, 0.29) is 5.82 Å². The van der Waals surface area contributed by atoms with Gasteiger partial charge in [-0.3, -0.25) is 0 Å². The van der Waals surface area contributed by atoms with E-state index in [0.717, 1.165) is 11.3 Å². The number of halogens is 1. The number of rotatable bonds is 2. The summed E-state index contributed by atoms with van der Waals surface area (Å²) >= 11 is 0. The average Bonchev–Trinajstić information content (AvgIpc) is 2.58. The molecule has 1 aromatic carbocycles. The average molecular weight is 207 g/mol. The van der Waals surface area contributed by atoms with E-state index in [9.17, 15) is 4.39 Å². The molecule has 0 aromatic heterocycles. The van der Waals surface area contributed by atoms with Crippen LogP contribution in [0.4, 0.5) is 10.1 Å². The highest BCUT2D eigenvalue weighted by atomic mass is 19.1. The lowest BCUT2D eigenvalue weighted by molar-refractivity contribution is 0.555. The molecule has 0 aliphatic heterocycles. The molecule has 0 amide bonds. The zero-order valence-electron chi connectivity index (χ0n) is 9.39. The summed E-state index contributed by atoms with van der Waals surface area (Å²) in [4.78, 5) is 0. The van der Waals surface area contributed by atoms with Crippen LogP contribution >= 0.6 is 0 Å². The van der Waals surface area contributed by atoms with Crippen molar-refractivity contribution < 1.29 is 4.39 Å². The van der Waals surface area contributed by atoms with Gasteiger partial charge in [-0.1, -0.05) is 19.4 Å². The van der Waals surface area contributed by atoms with Crippen molar-refractivity contribution >= 4 is 5.69 Å². The SMILES string of the molecule is Cc1ccc(F)cc1NC1CCCC1C. The molecule has 2 unspecified atom stereocenters. The summed E-state index contributed by atoms with van der Waals surface area (Å²) in [5.74, 6) is 0.543. The molecule has 1 N–H and O–H groups in total. The van der Waals surface area contributed by atoms with E-state index >= 15 is 0 Å². The summed E-state index contributed by atoms with van der Waals surface area (Å²) in [5.41, 5.74) is 2.07. The van der Waals surface area contributed by atoms with Crippen LogP contribution in [0.3, 0.4) is 0 Å². The topological polar surface area (TPSA) is 12.0 Å². The van der Waals surface area contributed by atoms with Crippen molar-refractivity contribution in [1.29, 1.82) is 0 Å². The fraction of sp³-hybridized carbons (Fsp3) is 0.538. The van der Waals surface area contributed by atoms with Crippen LogP contribution in [0.5, 0.6) is 0 Å². The van der Waals surface area contributed by atoms with Gasteiger partial charge in [0.05, 0.1) is 0 Å². The van der Waals surface area contributed by atoms with Crippen LogP contribution < -0.4 is 5.32 Å². The van der Waals surface area contributed by atoms with Gasteiger partial charge < -0.3 is 5.32 Å². The summed E-state index contributed by atoms with van der Waals surface area (Å²) in [6.45, 7) is 4.28. The van der Waals surface area contributed by atoms with Crippen molar-refractivity contribution in [3.05, 3.63) is 29.6 Å². The Bertz CT molecular complexity index is 348. The van der Waals surface area contributed by atoms with E-state index in [1.165, 1.54) is 25.3 Å². The van der Waals surface area contributed by atoms with Crippen molar-refractivity contribution in [3.8, 4) is 0 Å². The van der Waals surface area contributed by atoms with Crippen LogP contribution in [0.25, 0.3) is 0 Å². The van der Waals surface area contributed by atoms with Crippen LogP contribution in [0, 0.1) is 18.7 Å². The van der Waals surface area contributed by atoms with Crippen molar-refractivity contribution in [1.82, 2.24) is 0 Å². The van der Waals surface area contributed by atoms with Gasteiger partial charge in [0.1, 0.15) is 5.82 Å². The second-order valence-electron chi connectivity index (χ2n) is 4.62. The highest BCUT2D eigenvalue weighted by Gasteiger charge is 2.23. The first-order chi connectivity index (χ1) is 7.16. The number of aryl methyl sites for hydroxylation is 1. The highest BCUT2D eigenvalue weighted by molar-refractivity contribution is 5.51. The fourth-order valence-electron chi connectivity index (χ4n) is 2.31. The van der Waals surface area contributed by atoms with Crippen LogP contribution in [0.2, 0.25) is 0 Å². The summed E-state index contributed by atoms with van der Waals surface area (Å²) in [6.07, 6.45) is 3.77. The molecule has 1 fully saturated rings. The zero-order chi connectivity index (χ0) is 10.8. The van der Waals surface area contributed by atoms with Gasteiger partial charge in [0, 0.05) is 11.7 Å². The molecule has 2 heteroatoms. The third kappa shape index (κ3) is 2.31. The molecular formula is C13H18FN. The summed E-state index contributed by atoms with van der Waals surface area (Å²) < 4.78 is 13.1. The molecule has 82 valence electrons. The monoisotopic (exact) mass is 207 g/mol. The van der Waals surface area contributed by atoms with Gasteiger partial charge in [0.15, 0.2) is 0 Å². The largest absolute Gasteiger partial charge is 0.382 e. The molecule has 0 saturated heterocycles. The van der Waals surface area contributed by atoms with Crippen molar-refractivity contribution in [3.63, 3.8) is 0 Å². The number of anilines is 1. The van der Waals surface area contributed by atoms with Crippen LogP contribution in [0.15, 0.2) is 18.2 Å². The first kappa shape index (κ1) is 10.5. The quantitative estimate of drug-likeness (QED) is 0.779. The summed E-state index contributed by atoms with van der Waals surface area (Å²) in [6, 6.07) is 5.46. The second kappa shape index (κ2) is 4.21. The molecule has 1 aliphatic rings. The Hall–Kier alpha value is -1.05. The molecule has 1 nitrogen and oxygen atoms in total. The van der Waals surface area contributed by atoms with E-state index in [2.05, 4.69) is 12.2 Å². The molecule has 2 atom stereocenters. The lowest BCUT2D eigenvalue weighted by Gasteiger charge is -2.20. The molecule has 1 saturated carbocycles. The Morgan fingerprint density at radius 3 is 2.80 bits per heavy atom. The molecule has 1 aliphatic carbocycles. The third-order valence-electron chi connectivity index (χ3n) is 3.40. The standard InChI is InChI=1S/C13H18FN/c1-9-4-3-5-12(9)15-13-8-11(14)7-6-10(13)2/h6-9,12,15H,3-5H2,1-2H3. The first-order valence-corrected chi connectivity index (χ1v) is 5.69. The fourth-order valence-corrected chi connectivity index (χ4v) is 2.31. The number of nitrogens with one attached hydrogen (secondary N) is 1. The van der Waals surface area contributed by atoms with Crippen molar-refractivity contribution in [2.75, 3.05) is 5.32 Å². The van der Waals surface area contributed by atoms with Crippen molar-refractivity contribution in [2.45, 2.75) is 39.2 Å². The third-order valence-corrected chi connectivity index (χ3v) is 3.40. The molecule has 2 rings (SSSR count). The van der Waals surface area contributed by atoms with Gasteiger partial charge in [-0.15, -0.1) is 0 Å². The minimum absolute atomic E-state index is 0.159. The Balaban J connectivity index is 2.12. The molecular weight excluding hydrogens is 189 g/mol. The maximum absolute atomic E-state index is 13.1. The predicted octanol–water partition coefficient (Wildman–Crippen LogP) is 3.73. The van der Waals surface area contributed by atoms with Crippen LogP contribution in [-0.4, -0.2) is 6.04 Å². The van der Waals surface area contributed by atoms with Crippen LogP contribution in [-0.2, 0) is 0 Å². The molecule has 0 radical (unpaired) electrons. The van der Waals surface area contributed by atoms with E-state index in [0.29, 0.717) is 12.0 Å². The van der Waals surface area contributed by atoms with Gasteiger partial charge in [0.2, 0.25) is 0 Å². The highest BCUT2D eigenvalue weighted by Crippen LogP contribution is 2.29. The van der Waals surface area contributed by atoms with Gasteiger partial charge in [-0.05, 0) is 43.4 Å². The summed E-state index contributed by atoms with van der Waals surface area (Å²) in [5, 5.41) is 3.46. The van der Waals surface area contributed by atoms with E-state index < -0.39 is 0 Å². The molecule has 0 spiro atoms. The smallest absolute Gasteiger partial charge is 0.125 e. The first-order valence-electron chi connectivity index (χ1n) is 5.69. The Kier molecular flexibility index (Phi) is 2.94. The second-order valence-corrected chi connectivity index (χ2v) is 4.62. The normalized spacial score (nSPS) is 25.5. The van der Waals surface area contributed by atoms with Crippen LogP contribution in [0.1, 0.15) is 31.7 Å². The molecule has 1 aromatic rings. The van der Waals surface area contributed by atoms with E-state index in [4.69, 9.17) is 0 Å². The molecule has 0 bridgehead atoms. The zero-order valence-corrected chi connectivity index (χ0v) is 9.39. The van der Waals surface area contributed by atoms with E-state index in [1.807, 2.05) is 13.0 Å². The van der Waals surface area contributed by atoms with Gasteiger partial charge >= 0.3 is 0 Å². The minimum atomic E-state index is -0.159. The Labute approximate surface area is 90.7 Å². The lowest BCUT2D eigenvalue weighted by Crippen LogP contribution is -2.22. The van der Waals surface area contributed by atoms with Crippen molar-refractivity contribution in [2.24, 2.45) is 5.92 Å². The summed E-state index contributed by atoms with van der Waals surface area (Å²) in [7, 11) is 0. The van der Waals surface area contributed by atoms with E-state index in [1.54, 1.807) is 6.07 Å². The predicted molar refractivity (Wildman–Crippen MR) is 61.6 cm³/mol. The van der Waals surface area contributed by atoms with Gasteiger partial charge in [-0.2, -0.15) is 0 Å². The maximum Gasteiger partial charge on any atom is 0.125 e. The maximum atomic E-state index is 13.1. The number of hydrogen-bond acceptors (Lipinski definition) is 1. The lowest BCUT2D eigenvalue weighted by atomic mass is 10.1. The Morgan fingerprint density at radius 1 is 1.33 bits per heavy atom. The molecule has 0 heterocycles. The Morgan fingerprint density at radius 2 is 2.13 bits per heavy atom.